The first-order valence-electron chi connectivity index (χ1n) is 4.82. The summed E-state index contributed by atoms with van der Waals surface area (Å²) in [4.78, 5) is 13.4. The highest BCUT2D eigenvalue weighted by molar-refractivity contribution is 5.78. The number of rotatable bonds is 3. The van der Waals surface area contributed by atoms with Crippen molar-refractivity contribution in [2.45, 2.75) is 25.9 Å². The van der Waals surface area contributed by atoms with Crippen LogP contribution in [0, 0.1) is 5.92 Å². The Bertz CT molecular complexity index is 184. The molecule has 2 atom stereocenters. The molecule has 0 radical (unpaired) electrons. The summed E-state index contributed by atoms with van der Waals surface area (Å²) in [5.41, 5.74) is 5.37. The number of β-amino-alcohol motifs (C(OH)–C–C–N with tert-alkyl or cyclic N) is 1. The molecule has 0 bridgehead atoms. The third-order valence-corrected chi connectivity index (χ3v) is 2.50. The molecule has 4 nitrogen and oxygen atoms in total. The maximum absolute atomic E-state index is 11.6. The van der Waals surface area contributed by atoms with E-state index in [9.17, 15) is 9.90 Å². The summed E-state index contributed by atoms with van der Waals surface area (Å²) in [5, 5.41) is 9.24. The molecule has 1 saturated heterocycles. The maximum atomic E-state index is 11.6. The number of aliphatic hydroxyl groups excluding tert-OH is 1. The lowest BCUT2D eigenvalue weighted by Crippen LogP contribution is -2.34. The predicted octanol–water partition coefficient (Wildman–Crippen LogP) is -0.435. The van der Waals surface area contributed by atoms with Gasteiger partial charge in [-0.25, -0.2) is 0 Å². The molecule has 0 aromatic heterocycles. The first kappa shape index (κ1) is 10.5. The lowest BCUT2D eigenvalue weighted by molar-refractivity contribution is -0.134. The van der Waals surface area contributed by atoms with E-state index in [-0.39, 0.29) is 17.9 Å². The van der Waals surface area contributed by atoms with Gasteiger partial charge in [0, 0.05) is 19.0 Å². The van der Waals surface area contributed by atoms with Crippen molar-refractivity contribution in [2.75, 3.05) is 19.6 Å². The molecule has 0 aromatic carbocycles. The van der Waals surface area contributed by atoms with Gasteiger partial charge in [-0.05, 0) is 19.4 Å². The molecule has 3 N–H and O–H groups in total. The summed E-state index contributed by atoms with van der Waals surface area (Å²) < 4.78 is 0. The van der Waals surface area contributed by atoms with E-state index in [1.807, 2.05) is 6.92 Å². The summed E-state index contributed by atoms with van der Waals surface area (Å²) in [6, 6.07) is 0. The second-order valence-electron chi connectivity index (χ2n) is 3.71. The van der Waals surface area contributed by atoms with Crippen molar-refractivity contribution in [2.24, 2.45) is 11.7 Å². The second-order valence-corrected chi connectivity index (χ2v) is 3.71. The summed E-state index contributed by atoms with van der Waals surface area (Å²) in [5.74, 6) is 0.122. The van der Waals surface area contributed by atoms with Gasteiger partial charge in [-0.3, -0.25) is 4.79 Å². The molecule has 4 heteroatoms. The fourth-order valence-corrected chi connectivity index (χ4v) is 1.63. The fraction of sp³-hybridized carbons (Fsp3) is 0.889. The van der Waals surface area contributed by atoms with E-state index in [1.165, 1.54) is 0 Å². The zero-order valence-corrected chi connectivity index (χ0v) is 8.07. The Morgan fingerprint density at radius 1 is 1.77 bits per heavy atom. The van der Waals surface area contributed by atoms with Gasteiger partial charge in [0.25, 0.3) is 0 Å². The Morgan fingerprint density at radius 2 is 2.46 bits per heavy atom. The van der Waals surface area contributed by atoms with Gasteiger partial charge in [0.15, 0.2) is 0 Å². The predicted molar refractivity (Wildman–Crippen MR) is 50.0 cm³/mol. The Morgan fingerprint density at radius 3 is 2.92 bits per heavy atom. The average molecular weight is 186 g/mol. The van der Waals surface area contributed by atoms with E-state index < -0.39 is 0 Å². The number of amides is 1. The van der Waals surface area contributed by atoms with Crippen LogP contribution in [0.3, 0.4) is 0 Å². The zero-order chi connectivity index (χ0) is 9.84. The number of hydrogen-bond donors (Lipinski definition) is 2. The monoisotopic (exact) mass is 186 g/mol. The van der Waals surface area contributed by atoms with Crippen molar-refractivity contribution < 1.29 is 9.90 Å². The number of likely N-dealkylation sites (tertiary alicyclic amines) is 1. The fourth-order valence-electron chi connectivity index (χ4n) is 1.63. The summed E-state index contributed by atoms with van der Waals surface area (Å²) in [7, 11) is 0. The van der Waals surface area contributed by atoms with Crippen LogP contribution in [0.1, 0.15) is 19.8 Å². The van der Waals surface area contributed by atoms with Gasteiger partial charge >= 0.3 is 0 Å². The lowest BCUT2D eigenvalue weighted by atomic mass is 10.1. The Balaban J connectivity index is 2.38. The Hall–Kier alpha value is -0.610. The van der Waals surface area contributed by atoms with Crippen LogP contribution in [0.5, 0.6) is 0 Å². The number of hydrogen-bond acceptors (Lipinski definition) is 3. The van der Waals surface area contributed by atoms with Crippen LogP contribution in [-0.2, 0) is 4.79 Å². The molecule has 13 heavy (non-hydrogen) atoms. The highest BCUT2D eigenvalue weighted by Gasteiger charge is 2.27. The standard InChI is InChI=1S/C9H18N2O2/c1-7(2-4-10)9(13)11-5-3-8(12)6-11/h7-8,12H,2-6,10H2,1H3/t7?,8-/m1/s1. The van der Waals surface area contributed by atoms with E-state index in [1.54, 1.807) is 4.90 Å². The Labute approximate surface area is 78.7 Å². The maximum Gasteiger partial charge on any atom is 0.225 e. The molecule has 0 saturated carbocycles. The van der Waals surface area contributed by atoms with Gasteiger partial charge < -0.3 is 15.7 Å². The molecule has 1 fully saturated rings. The van der Waals surface area contributed by atoms with Crippen LogP contribution in [0.2, 0.25) is 0 Å². The number of aliphatic hydroxyl groups is 1. The van der Waals surface area contributed by atoms with Crippen LogP contribution in [-0.4, -0.2) is 41.7 Å². The van der Waals surface area contributed by atoms with Crippen LogP contribution in [0.25, 0.3) is 0 Å². The van der Waals surface area contributed by atoms with Gasteiger partial charge in [-0.1, -0.05) is 6.92 Å². The van der Waals surface area contributed by atoms with Crippen LogP contribution in [0.15, 0.2) is 0 Å². The van der Waals surface area contributed by atoms with E-state index in [0.717, 1.165) is 6.42 Å². The lowest BCUT2D eigenvalue weighted by Gasteiger charge is -2.19. The van der Waals surface area contributed by atoms with Crippen molar-refractivity contribution >= 4 is 5.91 Å². The number of nitrogens with zero attached hydrogens (tertiary/aromatic N) is 1. The molecular formula is C9H18N2O2. The van der Waals surface area contributed by atoms with Crippen molar-refractivity contribution in [1.82, 2.24) is 4.90 Å². The van der Waals surface area contributed by atoms with E-state index >= 15 is 0 Å². The molecule has 1 aliphatic heterocycles. The average Bonchev–Trinajstić information content (AvgIpc) is 2.51. The van der Waals surface area contributed by atoms with Gasteiger partial charge in [-0.2, -0.15) is 0 Å². The number of carbonyl (C=O) groups is 1. The van der Waals surface area contributed by atoms with Gasteiger partial charge in [-0.15, -0.1) is 0 Å². The van der Waals surface area contributed by atoms with Crippen molar-refractivity contribution in [3.8, 4) is 0 Å². The quantitative estimate of drug-likeness (QED) is 0.628. The van der Waals surface area contributed by atoms with Crippen molar-refractivity contribution in [3.05, 3.63) is 0 Å². The zero-order valence-electron chi connectivity index (χ0n) is 8.07. The van der Waals surface area contributed by atoms with Gasteiger partial charge in [0.2, 0.25) is 5.91 Å². The molecular weight excluding hydrogens is 168 g/mol. The SMILES string of the molecule is CC(CCN)C(=O)N1CC[C@@H](O)C1. The summed E-state index contributed by atoms with van der Waals surface area (Å²) >= 11 is 0. The minimum absolute atomic E-state index is 0.00435. The molecule has 0 aliphatic carbocycles. The molecule has 1 unspecified atom stereocenters. The number of nitrogens with two attached hydrogens (primary N) is 1. The molecule has 1 heterocycles. The topological polar surface area (TPSA) is 66.6 Å². The minimum Gasteiger partial charge on any atom is -0.391 e. The molecule has 0 aromatic rings. The normalized spacial score (nSPS) is 24.8. The highest BCUT2D eigenvalue weighted by Crippen LogP contribution is 2.13. The molecule has 1 amide bonds. The van der Waals surface area contributed by atoms with Crippen molar-refractivity contribution in [1.29, 1.82) is 0 Å². The van der Waals surface area contributed by atoms with Crippen molar-refractivity contribution in [3.63, 3.8) is 0 Å². The van der Waals surface area contributed by atoms with Gasteiger partial charge in [0.1, 0.15) is 0 Å². The summed E-state index contributed by atoms with van der Waals surface area (Å²) in [6.07, 6.45) is 1.11. The van der Waals surface area contributed by atoms with Crippen LogP contribution < -0.4 is 5.73 Å². The number of carbonyl (C=O) groups excluding carboxylic acids is 1. The smallest absolute Gasteiger partial charge is 0.225 e. The minimum atomic E-state index is -0.325. The van der Waals surface area contributed by atoms with E-state index in [2.05, 4.69) is 0 Å². The van der Waals surface area contributed by atoms with Crippen LogP contribution in [0.4, 0.5) is 0 Å². The van der Waals surface area contributed by atoms with Gasteiger partial charge in [0.05, 0.1) is 6.10 Å². The molecule has 0 spiro atoms. The third-order valence-electron chi connectivity index (χ3n) is 2.50. The molecule has 76 valence electrons. The molecule has 1 rings (SSSR count). The first-order chi connectivity index (χ1) is 6.15. The third kappa shape index (κ3) is 2.67. The largest absolute Gasteiger partial charge is 0.391 e. The summed E-state index contributed by atoms with van der Waals surface area (Å²) in [6.45, 7) is 3.62. The second kappa shape index (κ2) is 4.58. The molecule has 1 aliphatic rings. The van der Waals surface area contributed by atoms with E-state index in [0.29, 0.717) is 26.1 Å². The van der Waals surface area contributed by atoms with Crippen LogP contribution >= 0.6 is 0 Å². The van der Waals surface area contributed by atoms with E-state index in [4.69, 9.17) is 5.73 Å². The Kier molecular flexibility index (Phi) is 3.69. The highest BCUT2D eigenvalue weighted by atomic mass is 16.3. The first-order valence-corrected chi connectivity index (χ1v) is 4.82.